The smallest absolute Gasteiger partial charge is 0.108 e. The first-order valence-electron chi connectivity index (χ1n) is 5.33. The van der Waals surface area contributed by atoms with Crippen LogP contribution in [0.4, 0.5) is 0 Å². The molecule has 1 aliphatic carbocycles. The van der Waals surface area contributed by atoms with Crippen LogP contribution in [0.15, 0.2) is 12.4 Å². The summed E-state index contributed by atoms with van der Waals surface area (Å²) in [5, 5.41) is 9.31. The lowest BCUT2D eigenvalue weighted by Gasteiger charge is -2.40. The van der Waals surface area contributed by atoms with Gasteiger partial charge in [0.1, 0.15) is 5.82 Å². The first-order valence-corrected chi connectivity index (χ1v) is 5.33. The third-order valence-corrected chi connectivity index (χ3v) is 3.55. The van der Waals surface area contributed by atoms with Crippen LogP contribution in [-0.2, 0) is 13.5 Å². The molecule has 0 aromatic carbocycles. The topological polar surface area (TPSA) is 38.0 Å². The predicted molar refractivity (Wildman–Crippen MR) is 54.9 cm³/mol. The lowest BCUT2D eigenvalue weighted by Crippen LogP contribution is -2.33. The highest BCUT2D eigenvalue weighted by molar-refractivity contribution is 4.95. The monoisotopic (exact) mass is 194 g/mol. The summed E-state index contributed by atoms with van der Waals surface area (Å²) < 4.78 is 2.06. The Labute approximate surface area is 84.8 Å². The Morgan fingerprint density at radius 2 is 2.36 bits per heavy atom. The summed E-state index contributed by atoms with van der Waals surface area (Å²) in [6.45, 7) is 0.345. The van der Waals surface area contributed by atoms with Crippen molar-refractivity contribution in [2.24, 2.45) is 12.5 Å². The molecule has 1 aliphatic rings. The standard InChI is InChI=1S/C11H18N2O/c1-13-8-7-12-10(13)3-6-11(9-14)4-2-5-11/h7-8,14H,2-6,9H2,1H3. The van der Waals surface area contributed by atoms with Crippen LogP contribution in [0.25, 0.3) is 0 Å². The van der Waals surface area contributed by atoms with Crippen molar-refractivity contribution in [1.29, 1.82) is 0 Å². The van der Waals surface area contributed by atoms with Gasteiger partial charge in [0.15, 0.2) is 0 Å². The Hall–Kier alpha value is -0.830. The molecule has 0 atom stereocenters. The number of rotatable bonds is 4. The number of aliphatic hydroxyl groups excluding tert-OH is 1. The van der Waals surface area contributed by atoms with Gasteiger partial charge in [0, 0.05) is 32.5 Å². The average molecular weight is 194 g/mol. The quantitative estimate of drug-likeness (QED) is 0.789. The maximum Gasteiger partial charge on any atom is 0.108 e. The van der Waals surface area contributed by atoms with E-state index in [1.165, 1.54) is 19.3 Å². The SMILES string of the molecule is Cn1ccnc1CCC1(CO)CCC1. The van der Waals surface area contributed by atoms with Crippen LogP contribution in [0.2, 0.25) is 0 Å². The van der Waals surface area contributed by atoms with Gasteiger partial charge in [-0.1, -0.05) is 6.42 Å². The maximum absolute atomic E-state index is 9.31. The van der Waals surface area contributed by atoms with Gasteiger partial charge in [0.05, 0.1) is 0 Å². The third-order valence-electron chi connectivity index (χ3n) is 3.55. The zero-order valence-corrected chi connectivity index (χ0v) is 8.74. The van der Waals surface area contributed by atoms with E-state index in [1.807, 2.05) is 19.4 Å². The lowest BCUT2D eigenvalue weighted by molar-refractivity contribution is 0.0359. The first-order chi connectivity index (χ1) is 6.76. The number of imidazole rings is 1. The number of hydrogen-bond donors (Lipinski definition) is 1. The molecule has 0 amide bonds. The van der Waals surface area contributed by atoms with Gasteiger partial charge in [-0.25, -0.2) is 4.98 Å². The van der Waals surface area contributed by atoms with E-state index < -0.39 is 0 Å². The number of hydrogen-bond acceptors (Lipinski definition) is 2. The minimum Gasteiger partial charge on any atom is -0.396 e. The summed E-state index contributed by atoms with van der Waals surface area (Å²) >= 11 is 0. The molecule has 14 heavy (non-hydrogen) atoms. The largest absolute Gasteiger partial charge is 0.396 e. The highest BCUT2D eigenvalue weighted by Gasteiger charge is 2.35. The third kappa shape index (κ3) is 1.69. The van der Waals surface area contributed by atoms with Crippen molar-refractivity contribution in [2.75, 3.05) is 6.61 Å². The zero-order valence-electron chi connectivity index (χ0n) is 8.74. The van der Waals surface area contributed by atoms with Crippen LogP contribution in [0.1, 0.15) is 31.5 Å². The number of aromatic nitrogens is 2. The summed E-state index contributed by atoms with van der Waals surface area (Å²) in [5.74, 6) is 1.13. The lowest BCUT2D eigenvalue weighted by atomic mass is 9.66. The second-order valence-electron chi connectivity index (χ2n) is 4.47. The first kappa shape index (κ1) is 9.71. The molecule has 0 unspecified atom stereocenters. The molecule has 0 bridgehead atoms. The van der Waals surface area contributed by atoms with Gasteiger partial charge in [-0.15, -0.1) is 0 Å². The van der Waals surface area contributed by atoms with Crippen molar-refractivity contribution in [2.45, 2.75) is 32.1 Å². The molecule has 1 saturated carbocycles. The summed E-state index contributed by atoms with van der Waals surface area (Å²) in [6.07, 6.45) is 9.53. The Morgan fingerprint density at radius 1 is 1.57 bits per heavy atom. The molecule has 0 spiro atoms. The fraction of sp³-hybridized carbons (Fsp3) is 0.727. The van der Waals surface area contributed by atoms with E-state index in [2.05, 4.69) is 9.55 Å². The van der Waals surface area contributed by atoms with Gasteiger partial charge in [-0.3, -0.25) is 0 Å². The number of aliphatic hydroxyl groups is 1. The second kappa shape index (κ2) is 3.73. The molecule has 3 nitrogen and oxygen atoms in total. The van der Waals surface area contributed by atoms with Gasteiger partial charge in [-0.05, 0) is 24.7 Å². The Morgan fingerprint density at radius 3 is 2.79 bits per heavy atom. The summed E-state index contributed by atoms with van der Waals surface area (Å²) in [5.41, 5.74) is 0.228. The van der Waals surface area contributed by atoms with Crippen molar-refractivity contribution in [1.82, 2.24) is 9.55 Å². The Kier molecular flexibility index (Phi) is 2.59. The van der Waals surface area contributed by atoms with Crippen molar-refractivity contribution < 1.29 is 5.11 Å². The zero-order chi connectivity index (χ0) is 10.0. The average Bonchev–Trinajstić information content (AvgIpc) is 2.51. The van der Waals surface area contributed by atoms with E-state index in [9.17, 15) is 5.11 Å². The van der Waals surface area contributed by atoms with Gasteiger partial charge in [0.25, 0.3) is 0 Å². The molecule has 0 aliphatic heterocycles. The van der Waals surface area contributed by atoms with Gasteiger partial charge in [0.2, 0.25) is 0 Å². The van der Waals surface area contributed by atoms with Gasteiger partial charge < -0.3 is 9.67 Å². The number of aryl methyl sites for hydroxylation is 2. The van der Waals surface area contributed by atoms with Crippen LogP contribution in [0.5, 0.6) is 0 Å². The van der Waals surface area contributed by atoms with Crippen LogP contribution in [0.3, 0.4) is 0 Å². The molecule has 2 rings (SSSR count). The second-order valence-corrected chi connectivity index (χ2v) is 4.47. The summed E-state index contributed by atoms with van der Waals surface area (Å²) in [4.78, 5) is 4.29. The van der Waals surface area contributed by atoms with E-state index in [-0.39, 0.29) is 5.41 Å². The van der Waals surface area contributed by atoms with Gasteiger partial charge >= 0.3 is 0 Å². The molecule has 0 radical (unpaired) electrons. The van der Waals surface area contributed by atoms with Crippen molar-refractivity contribution in [3.63, 3.8) is 0 Å². The summed E-state index contributed by atoms with van der Waals surface area (Å²) in [6, 6.07) is 0. The van der Waals surface area contributed by atoms with E-state index in [0.29, 0.717) is 6.61 Å². The normalized spacial score (nSPS) is 19.3. The molecular weight excluding hydrogens is 176 g/mol. The van der Waals surface area contributed by atoms with E-state index in [4.69, 9.17) is 0 Å². The molecule has 1 heterocycles. The van der Waals surface area contributed by atoms with Crippen molar-refractivity contribution >= 4 is 0 Å². The van der Waals surface area contributed by atoms with Gasteiger partial charge in [-0.2, -0.15) is 0 Å². The maximum atomic E-state index is 9.31. The summed E-state index contributed by atoms with van der Waals surface area (Å²) in [7, 11) is 2.02. The van der Waals surface area contributed by atoms with Crippen molar-refractivity contribution in [3.8, 4) is 0 Å². The predicted octanol–water partition coefficient (Wildman–Crippen LogP) is 1.52. The van der Waals surface area contributed by atoms with Crippen LogP contribution >= 0.6 is 0 Å². The highest BCUT2D eigenvalue weighted by Crippen LogP contribution is 2.43. The van der Waals surface area contributed by atoms with Crippen molar-refractivity contribution in [3.05, 3.63) is 18.2 Å². The van der Waals surface area contributed by atoms with Crippen LogP contribution in [0, 0.1) is 5.41 Å². The molecule has 1 fully saturated rings. The molecule has 78 valence electrons. The fourth-order valence-corrected chi connectivity index (χ4v) is 2.18. The Bertz CT molecular complexity index is 296. The molecule has 0 saturated heterocycles. The number of nitrogens with zero attached hydrogens (tertiary/aromatic N) is 2. The van der Waals surface area contributed by atoms with E-state index in [1.54, 1.807) is 0 Å². The molecule has 1 aromatic heterocycles. The molecular formula is C11H18N2O. The van der Waals surface area contributed by atoms with E-state index in [0.717, 1.165) is 18.7 Å². The van der Waals surface area contributed by atoms with Crippen LogP contribution < -0.4 is 0 Å². The highest BCUT2D eigenvalue weighted by atomic mass is 16.3. The Balaban J connectivity index is 1.90. The minimum atomic E-state index is 0.228. The van der Waals surface area contributed by atoms with Crippen LogP contribution in [-0.4, -0.2) is 21.3 Å². The molecule has 1 N–H and O–H groups in total. The molecule has 1 aromatic rings. The minimum absolute atomic E-state index is 0.228. The fourth-order valence-electron chi connectivity index (χ4n) is 2.18. The molecule has 3 heteroatoms. The van der Waals surface area contributed by atoms with E-state index >= 15 is 0 Å².